The van der Waals surface area contributed by atoms with Crippen molar-refractivity contribution in [2.75, 3.05) is 29.0 Å². The average Bonchev–Trinajstić information content (AvgIpc) is 2.48. The summed E-state index contributed by atoms with van der Waals surface area (Å²) in [5.41, 5.74) is 8.09. The molecule has 4 nitrogen and oxygen atoms in total. The Morgan fingerprint density at radius 2 is 1.76 bits per heavy atom. The van der Waals surface area contributed by atoms with Crippen LogP contribution in [0.4, 0.5) is 17.1 Å². The topological polar surface area (TPSA) is 58.4 Å². The van der Waals surface area contributed by atoms with Crippen LogP contribution >= 0.6 is 11.6 Å². The van der Waals surface area contributed by atoms with E-state index < -0.39 is 0 Å². The van der Waals surface area contributed by atoms with Crippen LogP contribution in [0.2, 0.25) is 5.02 Å². The minimum atomic E-state index is -0.0732. The maximum atomic E-state index is 12.1. The third kappa shape index (κ3) is 4.39. The number of carbonyl (C=O) groups is 1. The summed E-state index contributed by atoms with van der Waals surface area (Å²) < 4.78 is 0. The molecule has 0 aliphatic carbocycles. The largest absolute Gasteiger partial charge is 0.399 e. The van der Waals surface area contributed by atoms with Crippen LogP contribution in [-0.4, -0.2) is 19.0 Å². The summed E-state index contributed by atoms with van der Waals surface area (Å²) in [4.78, 5) is 14.1. The maximum absolute atomic E-state index is 12.1. The quantitative estimate of drug-likeness (QED) is 0.832. The van der Waals surface area contributed by atoms with Gasteiger partial charge in [-0.05, 0) is 55.5 Å². The summed E-state index contributed by atoms with van der Waals surface area (Å²) in [6, 6.07) is 14.5. The zero-order chi connectivity index (χ0) is 15.2. The summed E-state index contributed by atoms with van der Waals surface area (Å²) in [6.45, 7) is 3.02. The van der Waals surface area contributed by atoms with Crippen LogP contribution in [0.5, 0.6) is 0 Å². The minimum absolute atomic E-state index is 0.0732. The SMILES string of the molecule is CCN(CC(=O)Nc1ccc(Cl)cc1)c1ccc(N)cc1. The van der Waals surface area contributed by atoms with Crippen LogP contribution in [0, 0.1) is 0 Å². The molecule has 0 fully saturated rings. The Balaban J connectivity index is 1.99. The summed E-state index contributed by atoms with van der Waals surface area (Å²) in [5.74, 6) is -0.0732. The van der Waals surface area contributed by atoms with E-state index in [1.54, 1.807) is 24.3 Å². The van der Waals surface area contributed by atoms with Crippen LogP contribution in [0.25, 0.3) is 0 Å². The molecule has 1 amide bonds. The number of benzene rings is 2. The first-order valence-corrected chi connectivity index (χ1v) is 7.12. The van der Waals surface area contributed by atoms with E-state index in [4.69, 9.17) is 17.3 Å². The first-order valence-electron chi connectivity index (χ1n) is 6.74. The van der Waals surface area contributed by atoms with Crippen molar-refractivity contribution in [1.82, 2.24) is 0 Å². The lowest BCUT2D eigenvalue weighted by molar-refractivity contribution is -0.115. The highest BCUT2D eigenvalue weighted by Crippen LogP contribution is 2.17. The summed E-state index contributed by atoms with van der Waals surface area (Å²) in [5, 5.41) is 3.49. The molecule has 0 aliphatic rings. The molecule has 5 heteroatoms. The van der Waals surface area contributed by atoms with Crippen molar-refractivity contribution >= 4 is 34.6 Å². The lowest BCUT2D eigenvalue weighted by Crippen LogP contribution is -2.33. The molecule has 2 aromatic carbocycles. The highest BCUT2D eigenvalue weighted by molar-refractivity contribution is 6.30. The van der Waals surface area contributed by atoms with E-state index in [0.29, 0.717) is 10.7 Å². The summed E-state index contributed by atoms with van der Waals surface area (Å²) in [6.07, 6.45) is 0. The van der Waals surface area contributed by atoms with E-state index in [1.165, 1.54) is 0 Å². The van der Waals surface area contributed by atoms with Crippen LogP contribution in [0.3, 0.4) is 0 Å². The number of nitrogens with zero attached hydrogens (tertiary/aromatic N) is 1. The molecule has 0 atom stereocenters. The molecule has 2 aromatic rings. The minimum Gasteiger partial charge on any atom is -0.399 e. The van der Waals surface area contributed by atoms with Gasteiger partial charge in [-0.2, -0.15) is 0 Å². The van der Waals surface area contributed by atoms with Crippen molar-refractivity contribution < 1.29 is 4.79 Å². The van der Waals surface area contributed by atoms with Gasteiger partial charge in [0.25, 0.3) is 0 Å². The number of amides is 1. The molecule has 110 valence electrons. The van der Waals surface area contributed by atoms with Gasteiger partial charge in [-0.3, -0.25) is 4.79 Å². The number of hydrogen-bond donors (Lipinski definition) is 2. The van der Waals surface area contributed by atoms with Crippen molar-refractivity contribution in [3.8, 4) is 0 Å². The normalized spacial score (nSPS) is 10.2. The van der Waals surface area contributed by atoms with Crippen LogP contribution in [0.1, 0.15) is 6.92 Å². The Morgan fingerprint density at radius 3 is 2.33 bits per heavy atom. The van der Waals surface area contributed by atoms with Gasteiger partial charge in [0, 0.05) is 28.6 Å². The number of nitrogens with two attached hydrogens (primary N) is 1. The number of hydrogen-bond acceptors (Lipinski definition) is 3. The molecule has 0 radical (unpaired) electrons. The lowest BCUT2D eigenvalue weighted by Gasteiger charge is -2.22. The Morgan fingerprint density at radius 1 is 1.14 bits per heavy atom. The predicted octanol–water partition coefficient (Wildman–Crippen LogP) is 3.39. The molecule has 3 N–H and O–H groups in total. The molecular weight excluding hydrogens is 286 g/mol. The van der Waals surface area contributed by atoms with Gasteiger partial charge in [-0.1, -0.05) is 11.6 Å². The monoisotopic (exact) mass is 303 g/mol. The van der Waals surface area contributed by atoms with Crippen molar-refractivity contribution in [3.63, 3.8) is 0 Å². The van der Waals surface area contributed by atoms with Gasteiger partial charge < -0.3 is 16.0 Å². The fourth-order valence-electron chi connectivity index (χ4n) is 1.98. The first-order chi connectivity index (χ1) is 10.1. The van der Waals surface area contributed by atoms with E-state index >= 15 is 0 Å². The molecule has 2 rings (SSSR count). The second kappa shape index (κ2) is 6.99. The zero-order valence-corrected chi connectivity index (χ0v) is 12.6. The fourth-order valence-corrected chi connectivity index (χ4v) is 2.10. The van der Waals surface area contributed by atoms with E-state index in [-0.39, 0.29) is 12.5 Å². The fraction of sp³-hybridized carbons (Fsp3) is 0.188. The van der Waals surface area contributed by atoms with Crippen LogP contribution in [-0.2, 0) is 4.79 Å². The standard InChI is InChI=1S/C16H18ClN3O/c1-2-20(15-9-5-13(18)6-10-15)11-16(21)19-14-7-3-12(17)4-8-14/h3-10H,2,11,18H2,1H3,(H,19,21). The number of carbonyl (C=O) groups excluding carboxylic acids is 1. The zero-order valence-electron chi connectivity index (χ0n) is 11.8. The van der Waals surface area contributed by atoms with Crippen molar-refractivity contribution in [3.05, 3.63) is 53.6 Å². The summed E-state index contributed by atoms with van der Waals surface area (Å²) in [7, 11) is 0. The van der Waals surface area contributed by atoms with Gasteiger partial charge in [0.15, 0.2) is 0 Å². The van der Waals surface area contributed by atoms with E-state index in [1.807, 2.05) is 36.1 Å². The third-order valence-corrected chi connectivity index (χ3v) is 3.35. The molecule has 0 saturated carbocycles. The van der Waals surface area contributed by atoms with Gasteiger partial charge in [-0.15, -0.1) is 0 Å². The molecule has 0 unspecified atom stereocenters. The van der Waals surface area contributed by atoms with Crippen molar-refractivity contribution in [2.45, 2.75) is 6.92 Å². The molecule has 0 aromatic heterocycles. The molecule has 21 heavy (non-hydrogen) atoms. The highest BCUT2D eigenvalue weighted by Gasteiger charge is 2.10. The number of rotatable bonds is 5. The number of likely N-dealkylation sites (N-methyl/N-ethyl adjacent to an activating group) is 1. The predicted molar refractivity (Wildman–Crippen MR) is 88.8 cm³/mol. The van der Waals surface area contributed by atoms with Gasteiger partial charge >= 0.3 is 0 Å². The Bertz CT molecular complexity index is 596. The van der Waals surface area contributed by atoms with Gasteiger partial charge in [0.2, 0.25) is 5.91 Å². The molecule has 0 bridgehead atoms. The molecule has 0 heterocycles. The second-order valence-electron chi connectivity index (χ2n) is 4.66. The van der Waals surface area contributed by atoms with E-state index in [0.717, 1.165) is 17.9 Å². The number of halogens is 1. The molecular formula is C16H18ClN3O. The maximum Gasteiger partial charge on any atom is 0.243 e. The Kier molecular flexibility index (Phi) is 5.06. The lowest BCUT2D eigenvalue weighted by atomic mass is 10.2. The summed E-state index contributed by atoms with van der Waals surface area (Å²) >= 11 is 5.82. The molecule has 0 aliphatic heterocycles. The highest BCUT2D eigenvalue weighted by atomic mass is 35.5. The van der Waals surface area contributed by atoms with Gasteiger partial charge in [0.1, 0.15) is 0 Å². The Labute approximate surface area is 129 Å². The van der Waals surface area contributed by atoms with Crippen LogP contribution in [0.15, 0.2) is 48.5 Å². The van der Waals surface area contributed by atoms with Crippen molar-refractivity contribution in [1.29, 1.82) is 0 Å². The number of anilines is 3. The molecule has 0 spiro atoms. The third-order valence-electron chi connectivity index (χ3n) is 3.10. The van der Waals surface area contributed by atoms with Gasteiger partial charge in [-0.25, -0.2) is 0 Å². The molecule has 0 saturated heterocycles. The van der Waals surface area contributed by atoms with E-state index in [9.17, 15) is 4.79 Å². The number of nitrogens with one attached hydrogen (secondary N) is 1. The smallest absolute Gasteiger partial charge is 0.243 e. The van der Waals surface area contributed by atoms with Gasteiger partial charge in [0.05, 0.1) is 6.54 Å². The second-order valence-corrected chi connectivity index (χ2v) is 5.10. The van der Waals surface area contributed by atoms with Crippen LogP contribution < -0.4 is 16.0 Å². The number of nitrogen functional groups attached to an aromatic ring is 1. The Hall–Kier alpha value is -2.20. The average molecular weight is 304 g/mol. The first kappa shape index (κ1) is 15.2. The van der Waals surface area contributed by atoms with Crippen molar-refractivity contribution in [2.24, 2.45) is 0 Å². The van der Waals surface area contributed by atoms with E-state index in [2.05, 4.69) is 5.32 Å².